The summed E-state index contributed by atoms with van der Waals surface area (Å²) in [7, 11) is 0. The number of hydrogen-bond donors (Lipinski definition) is 0. The predicted octanol–water partition coefficient (Wildman–Crippen LogP) is 15.1. The zero-order valence-corrected chi connectivity index (χ0v) is 38.9. The lowest BCUT2D eigenvalue weighted by molar-refractivity contribution is -0.240. The lowest BCUT2D eigenvalue weighted by Crippen LogP contribution is -2.68. The molecule has 2 heteroatoms. The Hall–Kier alpha value is -4.61. The highest BCUT2D eigenvalue weighted by molar-refractivity contribution is 6.31. The second-order valence-corrected chi connectivity index (χ2v) is 26.7. The van der Waals surface area contributed by atoms with Gasteiger partial charge < -0.3 is 4.40 Å². The molecule has 2 heterocycles. The molecule has 0 radical (unpaired) electrons. The Kier molecular flexibility index (Phi) is 5.18. The van der Waals surface area contributed by atoms with Crippen LogP contribution in [0.4, 0.5) is 0 Å². The highest BCUT2D eigenvalue weighted by Gasteiger charge is 2.79. The fraction of sp³-hybridized carbons (Fsp3) is 0.492. The molecule has 10 aliphatic carbocycles. The van der Waals surface area contributed by atoms with E-state index in [1.807, 2.05) is 0 Å². The van der Waals surface area contributed by atoms with Crippen LogP contribution in [0.25, 0.3) is 60.3 Å². The number of aromatic nitrogens is 1. The topological polar surface area (TPSA) is 28.2 Å². The monoisotopic (exact) mass is 818 g/mol. The fourth-order valence-electron chi connectivity index (χ4n) is 19.8. The van der Waals surface area contributed by atoms with E-state index in [-0.39, 0.29) is 21.7 Å². The van der Waals surface area contributed by atoms with Crippen LogP contribution in [-0.4, -0.2) is 4.40 Å². The second-order valence-electron chi connectivity index (χ2n) is 26.7. The van der Waals surface area contributed by atoms with Gasteiger partial charge >= 0.3 is 0 Å². The van der Waals surface area contributed by atoms with Crippen molar-refractivity contribution < 1.29 is 0 Å². The minimum absolute atomic E-state index is 0.0781. The van der Waals surface area contributed by atoms with Crippen LogP contribution >= 0.6 is 0 Å². The smallest absolute Gasteiger partial charge is 0.0995 e. The van der Waals surface area contributed by atoms with E-state index in [4.69, 9.17) is 0 Å². The van der Waals surface area contributed by atoms with Crippen molar-refractivity contribution >= 4 is 38.1 Å². The minimum atomic E-state index is -0.262. The molecule has 0 saturated heterocycles. The summed E-state index contributed by atoms with van der Waals surface area (Å²) in [6.45, 7) is 24.6. The van der Waals surface area contributed by atoms with Crippen LogP contribution < -0.4 is 0 Å². The standard InChI is InChI=1S/C61H58N2/c1-56(2,3)44-24-45(57(4,5)6)51-53-47(13-26(25-62)54-49(53)36-21-32-34(23-39(36)59(54,9)10)43-19-30-15-28-17-41(32)61(28,30)43)63-46-12-11-37-48(52(46)50(44)55(51)63)35-20-31-33(22-38(35)58(37,7)8)42-18-29-14-27-16-40(31)60(27,29)42/h11-13,20-24,27-30,40-43H,14-19H2,1-10H3. The van der Waals surface area contributed by atoms with Crippen LogP contribution in [0.5, 0.6) is 0 Å². The van der Waals surface area contributed by atoms with Gasteiger partial charge in [0.05, 0.1) is 28.2 Å². The zero-order valence-electron chi connectivity index (χ0n) is 38.9. The SMILES string of the molecule is CC(C)(C)c1cc(C(C)(C)C)c2c3c4c(c(C#N)cc3n3c5ccc6c(c5c1c23)-c1cc2c(cc1C6(C)C)C1CC3CC5CC2C531)C(C)(C)c1cc2c(cc1-4)C1CC3CC4CC2C341. The lowest BCUT2D eigenvalue weighted by atomic mass is 9.28. The predicted molar refractivity (Wildman–Crippen MR) is 256 cm³/mol. The van der Waals surface area contributed by atoms with E-state index in [1.165, 1.54) is 127 Å². The molecule has 63 heavy (non-hydrogen) atoms. The molecule has 10 aliphatic rings. The Morgan fingerprint density at radius 2 is 1.00 bits per heavy atom. The van der Waals surface area contributed by atoms with Gasteiger partial charge in [0.2, 0.25) is 0 Å². The molecule has 10 unspecified atom stereocenters. The summed E-state index contributed by atoms with van der Waals surface area (Å²) >= 11 is 0. The first-order chi connectivity index (χ1) is 29.9. The van der Waals surface area contributed by atoms with Crippen molar-refractivity contribution in [3.8, 4) is 28.3 Å². The maximum Gasteiger partial charge on any atom is 0.0995 e. The van der Waals surface area contributed by atoms with E-state index in [0.717, 1.165) is 52.9 Å². The average Bonchev–Trinajstić information content (AvgIpc) is 3.96. The summed E-state index contributed by atoms with van der Waals surface area (Å²) in [5.74, 6) is 6.97. The van der Waals surface area contributed by atoms with Crippen molar-refractivity contribution in [3.05, 3.63) is 110 Å². The third-order valence-electron chi connectivity index (χ3n) is 22.3. The van der Waals surface area contributed by atoms with Gasteiger partial charge in [-0.25, -0.2) is 0 Å². The fourth-order valence-corrected chi connectivity index (χ4v) is 19.8. The van der Waals surface area contributed by atoms with E-state index in [0.29, 0.717) is 10.8 Å². The van der Waals surface area contributed by atoms with Crippen LogP contribution in [0, 0.1) is 45.8 Å². The van der Waals surface area contributed by atoms with Crippen molar-refractivity contribution in [2.45, 2.75) is 153 Å². The summed E-state index contributed by atoms with van der Waals surface area (Å²) in [5, 5.41) is 17.0. The van der Waals surface area contributed by atoms with Gasteiger partial charge in [0.25, 0.3) is 0 Å². The second kappa shape index (κ2) is 9.39. The van der Waals surface area contributed by atoms with Crippen molar-refractivity contribution in [1.29, 1.82) is 5.26 Å². The molecule has 2 spiro atoms. The third-order valence-corrected chi connectivity index (χ3v) is 22.3. The quantitative estimate of drug-likeness (QED) is 0.150. The summed E-state index contributed by atoms with van der Waals surface area (Å²) in [4.78, 5) is 0. The van der Waals surface area contributed by atoms with E-state index < -0.39 is 0 Å². The van der Waals surface area contributed by atoms with Gasteiger partial charge in [-0.15, -0.1) is 0 Å². The normalized spacial score (nSPS) is 34.8. The van der Waals surface area contributed by atoms with Crippen LogP contribution in [-0.2, 0) is 21.7 Å². The Labute approximate surface area is 371 Å². The molecule has 0 bridgehead atoms. The molecule has 5 aromatic carbocycles. The number of nitrogens with zero attached hydrogens (tertiary/aromatic N) is 2. The van der Waals surface area contributed by atoms with Crippen molar-refractivity contribution in [1.82, 2.24) is 4.40 Å². The van der Waals surface area contributed by atoms with Gasteiger partial charge in [-0.05, 0) is 198 Å². The number of nitriles is 1. The number of benzene rings is 5. The Balaban J connectivity index is 1.02. The Morgan fingerprint density at radius 1 is 0.524 bits per heavy atom. The van der Waals surface area contributed by atoms with E-state index in [2.05, 4.69) is 128 Å². The molecule has 2 aromatic heterocycles. The summed E-state index contributed by atoms with van der Waals surface area (Å²) in [5.41, 5.74) is 26.7. The first-order valence-electron chi connectivity index (χ1n) is 25.1. The molecule has 17 rings (SSSR count). The summed E-state index contributed by atoms with van der Waals surface area (Å²) in [6.07, 6.45) is 8.61. The zero-order chi connectivity index (χ0) is 42.5. The first kappa shape index (κ1) is 34.8. The Morgan fingerprint density at radius 3 is 1.49 bits per heavy atom. The molecule has 0 aliphatic heterocycles. The highest BCUT2D eigenvalue weighted by Crippen LogP contribution is 2.89. The van der Waals surface area contributed by atoms with Crippen LogP contribution in [0.3, 0.4) is 0 Å². The molecule has 10 atom stereocenters. The summed E-state index contributed by atoms with van der Waals surface area (Å²) in [6, 6.07) is 23.8. The molecule has 2 nitrogen and oxygen atoms in total. The van der Waals surface area contributed by atoms with Gasteiger partial charge in [-0.3, -0.25) is 0 Å². The van der Waals surface area contributed by atoms with Gasteiger partial charge in [0, 0.05) is 32.4 Å². The molecular formula is C61H58N2. The largest absolute Gasteiger partial charge is 0.308 e. The van der Waals surface area contributed by atoms with Gasteiger partial charge in [-0.2, -0.15) is 5.26 Å². The Bertz CT molecular complexity index is 3550. The van der Waals surface area contributed by atoms with Gasteiger partial charge in [-0.1, -0.05) is 106 Å². The molecule has 0 N–H and O–H groups in total. The summed E-state index contributed by atoms with van der Waals surface area (Å²) < 4.78 is 2.68. The van der Waals surface area contributed by atoms with E-state index in [9.17, 15) is 5.26 Å². The van der Waals surface area contributed by atoms with E-state index >= 15 is 0 Å². The number of hydrogen-bond acceptors (Lipinski definition) is 1. The van der Waals surface area contributed by atoms with Gasteiger partial charge in [0.1, 0.15) is 0 Å². The maximum atomic E-state index is 11.3. The number of fused-ring (bicyclic) bond motifs is 20. The molecule has 7 aromatic rings. The molecule has 6 saturated carbocycles. The molecular weight excluding hydrogens is 761 g/mol. The lowest BCUT2D eigenvalue weighted by Gasteiger charge is -2.76. The van der Waals surface area contributed by atoms with Crippen molar-refractivity contribution in [3.63, 3.8) is 0 Å². The van der Waals surface area contributed by atoms with Crippen molar-refractivity contribution in [2.24, 2.45) is 34.5 Å². The van der Waals surface area contributed by atoms with Crippen LogP contribution in [0.1, 0.15) is 193 Å². The van der Waals surface area contributed by atoms with Gasteiger partial charge in [0.15, 0.2) is 0 Å². The van der Waals surface area contributed by atoms with Crippen LogP contribution in [0.2, 0.25) is 0 Å². The minimum Gasteiger partial charge on any atom is -0.308 e. The average molecular weight is 819 g/mol. The molecule has 6 fully saturated rings. The van der Waals surface area contributed by atoms with Crippen LogP contribution in [0.15, 0.2) is 48.5 Å². The van der Waals surface area contributed by atoms with E-state index in [1.54, 1.807) is 27.8 Å². The molecule has 312 valence electrons. The number of rotatable bonds is 0. The molecule has 0 amide bonds. The van der Waals surface area contributed by atoms with Crippen molar-refractivity contribution in [2.75, 3.05) is 0 Å². The first-order valence-corrected chi connectivity index (χ1v) is 25.1. The highest BCUT2D eigenvalue weighted by atomic mass is 14.9. The third kappa shape index (κ3) is 3.10. The maximum absolute atomic E-state index is 11.3.